The molecule has 1 amide bonds. The lowest BCUT2D eigenvalue weighted by Crippen LogP contribution is -2.24. The lowest BCUT2D eigenvalue weighted by Gasteiger charge is -2.20. The van der Waals surface area contributed by atoms with E-state index in [1.54, 1.807) is 6.20 Å². The number of carbonyl (C=O) groups excluding carboxylic acids is 1. The number of rotatable bonds is 3. The summed E-state index contributed by atoms with van der Waals surface area (Å²) in [6.45, 7) is 0. The number of nitrogens with one attached hydrogen (secondary N) is 3. The molecular weight excluding hydrogens is 278 g/mol. The number of aromatic nitrogens is 4. The van der Waals surface area contributed by atoms with Crippen LogP contribution in [0.2, 0.25) is 0 Å². The van der Waals surface area contributed by atoms with E-state index < -0.39 is 0 Å². The summed E-state index contributed by atoms with van der Waals surface area (Å²) in [7, 11) is 0. The van der Waals surface area contributed by atoms with E-state index in [4.69, 9.17) is 0 Å². The fourth-order valence-electron chi connectivity index (χ4n) is 3.79. The molecule has 2 heterocycles. The lowest BCUT2D eigenvalue weighted by atomic mass is 9.86. The van der Waals surface area contributed by atoms with Crippen LogP contribution in [0.1, 0.15) is 67.3 Å². The second-order valence-electron chi connectivity index (χ2n) is 6.43. The number of fused-ring (bicyclic) bond motifs is 1. The molecule has 0 aromatic carbocycles. The van der Waals surface area contributed by atoms with E-state index in [1.165, 1.54) is 25.7 Å². The molecule has 6 heteroatoms. The van der Waals surface area contributed by atoms with Crippen molar-refractivity contribution in [3.63, 3.8) is 0 Å². The Hall–Kier alpha value is -2.11. The van der Waals surface area contributed by atoms with E-state index in [0.29, 0.717) is 11.7 Å². The third kappa shape index (κ3) is 2.42. The Labute approximate surface area is 129 Å². The number of amides is 1. The molecule has 1 atom stereocenters. The third-order valence-electron chi connectivity index (χ3n) is 5.01. The van der Waals surface area contributed by atoms with E-state index in [-0.39, 0.29) is 11.8 Å². The summed E-state index contributed by atoms with van der Waals surface area (Å²) < 4.78 is 0. The fourth-order valence-corrected chi connectivity index (χ4v) is 3.79. The summed E-state index contributed by atoms with van der Waals surface area (Å²) in [4.78, 5) is 12.6. The minimum Gasteiger partial charge on any atom is -0.309 e. The number of hydrogen-bond acceptors (Lipinski definition) is 3. The Morgan fingerprint density at radius 3 is 2.91 bits per heavy atom. The van der Waals surface area contributed by atoms with Crippen molar-refractivity contribution in [2.75, 3.05) is 5.32 Å². The zero-order chi connectivity index (χ0) is 14.9. The van der Waals surface area contributed by atoms with Crippen molar-refractivity contribution in [2.24, 2.45) is 0 Å². The van der Waals surface area contributed by atoms with E-state index in [9.17, 15) is 4.79 Å². The summed E-state index contributed by atoms with van der Waals surface area (Å²) in [5, 5.41) is 17.4. The standard InChI is InChI=1S/C16H21N5O/c22-16(11-6-3-7-13-12(11)9-17-19-13)18-15-8-14(20-21-15)10-4-1-2-5-10/h8-11H,1-7H2,(H,17,19)(H2,18,20,21,22)/t11-/m0/s1. The summed E-state index contributed by atoms with van der Waals surface area (Å²) in [5.41, 5.74) is 3.29. The van der Waals surface area contributed by atoms with Crippen LogP contribution in [0, 0.1) is 0 Å². The molecule has 0 saturated heterocycles. The predicted octanol–water partition coefficient (Wildman–Crippen LogP) is 2.85. The van der Waals surface area contributed by atoms with Crippen molar-refractivity contribution in [1.29, 1.82) is 0 Å². The average molecular weight is 299 g/mol. The van der Waals surface area contributed by atoms with Crippen LogP contribution in [0.4, 0.5) is 5.82 Å². The van der Waals surface area contributed by atoms with Gasteiger partial charge in [0.25, 0.3) is 0 Å². The fraction of sp³-hybridized carbons (Fsp3) is 0.562. The molecule has 0 radical (unpaired) electrons. The first-order chi connectivity index (χ1) is 10.8. The van der Waals surface area contributed by atoms with Gasteiger partial charge >= 0.3 is 0 Å². The normalized spacial score (nSPS) is 21.7. The van der Waals surface area contributed by atoms with Gasteiger partial charge in [-0.1, -0.05) is 12.8 Å². The van der Waals surface area contributed by atoms with Gasteiger partial charge < -0.3 is 5.32 Å². The number of aryl methyl sites for hydroxylation is 1. The molecule has 0 bridgehead atoms. The first-order valence-corrected chi connectivity index (χ1v) is 8.19. The van der Waals surface area contributed by atoms with Crippen LogP contribution < -0.4 is 5.32 Å². The van der Waals surface area contributed by atoms with Crippen molar-refractivity contribution in [3.8, 4) is 0 Å². The number of hydrogen-bond donors (Lipinski definition) is 3. The van der Waals surface area contributed by atoms with Gasteiger partial charge in [0.05, 0.1) is 12.1 Å². The zero-order valence-corrected chi connectivity index (χ0v) is 12.6. The van der Waals surface area contributed by atoms with Crippen molar-refractivity contribution in [1.82, 2.24) is 20.4 Å². The second-order valence-corrected chi connectivity index (χ2v) is 6.43. The van der Waals surface area contributed by atoms with Crippen LogP contribution in [-0.4, -0.2) is 26.3 Å². The highest BCUT2D eigenvalue weighted by Gasteiger charge is 2.28. The molecule has 2 aliphatic rings. The monoisotopic (exact) mass is 299 g/mol. The molecule has 2 aromatic rings. The van der Waals surface area contributed by atoms with E-state index in [0.717, 1.165) is 36.2 Å². The smallest absolute Gasteiger partial charge is 0.233 e. The Kier molecular flexibility index (Phi) is 3.44. The first-order valence-electron chi connectivity index (χ1n) is 8.19. The highest BCUT2D eigenvalue weighted by Crippen LogP contribution is 2.34. The topological polar surface area (TPSA) is 86.5 Å². The molecule has 22 heavy (non-hydrogen) atoms. The summed E-state index contributed by atoms with van der Waals surface area (Å²) in [6.07, 6.45) is 9.67. The number of anilines is 1. The van der Waals surface area contributed by atoms with E-state index >= 15 is 0 Å². The van der Waals surface area contributed by atoms with Crippen molar-refractivity contribution in [2.45, 2.75) is 56.8 Å². The maximum atomic E-state index is 12.6. The molecule has 0 aliphatic heterocycles. The molecule has 4 rings (SSSR count). The van der Waals surface area contributed by atoms with Crippen molar-refractivity contribution in [3.05, 3.63) is 29.2 Å². The molecular formula is C16H21N5O. The van der Waals surface area contributed by atoms with Gasteiger partial charge in [-0.05, 0) is 32.1 Å². The Balaban J connectivity index is 1.46. The van der Waals surface area contributed by atoms with Gasteiger partial charge in [-0.25, -0.2) is 0 Å². The second kappa shape index (κ2) is 5.59. The molecule has 3 N–H and O–H groups in total. The molecule has 0 spiro atoms. The highest BCUT2D eigenvalue weighted by atomic mass is 16.2. The van der Waals surface area contributed by atoms with E-state index in [1.807, 2.05) is 6.07 Å². The Morgan fingerprint density at radius 2 is 2.05 bits per heavy atom. The summed E-state index contributed by atoms with van der Waals surface area (Å²) in [5.74, 6) is 1.12. The van der Waals surface area contributed by atoms with Crippen LogP contribution in [0.15, 0.2) is 12.3 Å². The number of carbonyl (C=O) groups is 1. The summed E-state index contributed by atoms with van der Waals surface area (Å²) in [6, 6.07) is 1.99. The third-order valence-corrected chi connectivity index (χ3v) is 5.01. The molecule has 2 aliphatic carbocycles. The van der Waals surface area contributed by atoms with Gasteiger partial charge in [-0.3, -0.25) is 15.0 Å². The largest absolute Gasteiger partial charge is 0.309 e. The van der Waals surface area contributed by atoms with Crippen LogP contribution in [0.5, 0.6) is 0 Å². The highest BCUT2D eigenvalue weighted by molar-refractivity contribution is 5.95. The molecule has 116 valence electrons. The summed E-state index contributed by atoms with van der Waals surface area (Å²) >= 11 is 0. The van der Waals surface area contributed by atoms with Crippen LogP contribution in [0.25, 0.3) is 0 Å². The minimum absolute atomic E-state index is 0.0202. The van der Waals surface area contributed by atoms with Crippen LogP contribution in [-0.2, 0) is 11.2 Å². The number of aromatic amines is 2. The Bertz CT molecular complexity index is 668. The van der Waals surface area contributed by atoms with Crippen LogP contribution in [0.3, 0.4) is 0 Å². The maximum Gasteiger partial charge on any atom is 0.233 e. The van der Waals surface area contributed by atoms with Gasteiger partial charge in [0, 0.05) is 28.9 Å². The van der Waals surface area contributed by atoms with Gasteiger partial charge in [0.2, 0.25) is 5.91 Å². The molecule has 1 saturated carbocycles. The Morgan fingerprint density at radius 1 is 1.18 bits per heavy atom. The van der Waals surface area contributed by atoms with E-state index in [2.05, 4.69) is 25.7 Å². The molecule has 2 aromatic heterocycles. The maximum absolute atomic E-state index is 12.6. The molecule has 1 fully saturated rings. The van der Waals surface area contributed by atoms with Gasteiger partial charge in [-0.2, -0.15) is 10.2 Å². The number of H-pyrrole nitrogens is 2. The van der Waals surface area contributed by atoms with Crippen LogP contribution >= 0.6 is 0 Å². The quantitative estimate of drug-likeness (QED) is 0.814. The average Bonchev–Trinajstić information content (AvgIpc) is 3.27. The van der Waals surface area contributed by atoms with Gasteiger partial charge in [-0.15, -0.1) is 0 Å². The van der Waals surface area contributed by atoms with Gasteiger partial charge in [0.1, 0.15) is 0 Å². The first kappa shape index (κ1) is 13.5. The van der Waals surface area contributed by atoms with Crippen molar-refractivity contribution >= 4 is 11.7 Å². The lowest BCUT2D eigenvalue weighted by molar-refractivity contribution is -0.117. The molecule has 0 unspecified atom stereocenters. The zero-order valence-electron chi connectivity index (χ0n) is 12.6. The number of nitrogens with zero attached hydrogens (tertiary/aromatic N) is 2. The van der Waals surface area contributed by atoms with Gasteiger partial charge in [0.15, 0.2) is 5.82 Å². The predicted molar refractivity (Wildman–Crippen MR) is 82.7 cm³/mol. The molecule has 6 nitrogen and oxygen atoms in total. The minimum atomic E-state index is -0.117. The SMILES string of the molecule is O=C(Nc1cc(C2CCCC2)[nH]n1)[C@H]1CCCc2[nH]ncc21. The van der Waals surface area contributed by atoms with Crippen molar-refractivity contribution < 1.29 is 4.79 Å².